The predicted octanol–water partition coefficient (Wildman–Crippen LogP) is 3.35. The fourth-order valence-corrected chi connectivity index (χ4v) is 1.89. The van der Waals surface area contributed by atoms with Crippen LogP contribution in [0.2, 0.25) is 0 Å². The van der Waals surface area contributed by atoms with Crippen LogP contribution in [0.3, 0.4) is 0 Å². The Bertz CT molecular complexity index is 403. The number of amides is 1. The van der Waals surface area contributed by atoms with Gasteiger partial charge in [-0.15, -0.1) is 0 Å². The van der Waals surface area contributed by atoms with Crippen LogP contribution in [0.1, 0.15) is 18.9 Å². The lowest BCUT2D eigenvalue weighted by Gasteiger charge is -2.06. The Morgan fingerprint density at radius 2 is 2.20 bits per heavy atom. The molecule has 1 fully saturated rings. The van der Waals surface area contributed by atoms with Gasteiger partial charge in [-0.1, -0.05) is 22.9 Å². The number of carbonyl (C=O) groups is 1. The van der Waals surface area contributed by atoms with Crippen molar-refractivity contribution >= 4 is 27.5 Å². The lowest BCUT2D eigenvalue weighted by atomic mass is 10.2. The molecule has 1 aromatic rings. The summed E-state index contributed by atoms with van der Waals surface area (Å²) in [6.07, 6.45) is 1.03. The molecule has 1 aliphatic carbocycles. The zero-order valence-electron chi connectivity index (χ0n) is 8.88. The molecular formula is C12H14BrNO. The molecule has 2 rings (SSSR count). The molecule has 0 saturated heterocycles. The average Bonchev–Trinajstić information content (AvgIpc) is 2.89. The van der Waals surface area contributed by atoms with Crippen LogP contribution in [0.5, 0.6) is 0 Å². The molecule has 2 unspecified atom stereocenters. The van der Waals surface area contributed by atoms with Crippen molar-refractivity contribution < 1.29 is 4.79 Å². The minimum Gasteiger partial charge on any atom is -0.326 e. The van der Waals surface area contributed by atoms with Crippen molar-refractivity contribution in [3.8, 4) is 0 Å². The monoisotopic (exact) mass is 267 g/mol. The van der Waals surface area contributed by atoms with E-state index in [2.05, 4.69) is 28.2 Å². The summed E-state index contributed by atoms with van der Waals surface area (Å²) < 4.78 is 1.07. The molecule has 0 aromatic heterocycles. The van der Waals surface area contributed by atoms with E-state index >= 15 is 0 Å². The molecule has 1 aromatic carbocycles. The van der Waals surface area contributed by atoms with Crippen LogP contribution in [0, 0.1) is 18.8 Å². The average molecular weight is 268 g/mol. The first-order chi connectivity index (χ1) is 7.08. The van der Waals surface area contributed by atoms with E-state index in [0.717, 1.165) is 22.1 Å². The maximum Gasteiger partial charge on any atom is 0.227 e. The van der Waals surface area contributed by atoms with Gasteiger partial charge in [0.15, 0.2) is 0 Å². The highest BCUT2D eigenvalue weighted by molar-refractivity contribution is 9.10. The largest absolute Gasteiger partial charge is 0.326 e. The minimum absolute atomic E-state index is 0.157. The molecule has 0 spiro atoms. The zero-order chi connectivity index (χ0) is 11.0. The number of rotatable bonds is 2. The molecule has 1 aliphatic rings. The van der Waals surface area contributed by atoms with Gasteiger partial charge in [0, 0.05) is 16.1 Å². The predicted molar refractivity (Wildman–Crippen MR) is 64.8 cm³/mol. The van der Waals surface area contributed by atoms with Crippen molar-refractivity contribution in [3.05, 3.63) is 28.2 Å². The molecule has 1 saturated carbocycles. The Morgan fingerprint density at radius 1 is 1.53 bits per heavy atom. The fourth-order valence-electron chi connectivity index (χ4n) is 1.64. The number of aryl methyl sites for hydroxylation is 1. The summed E-state index contributed by atoms with van der Waals surface area (Å²) in [6.45, 7) is 4.12. The molecule has 1 N–H and O–H groups in total. The second-order valence-electron chi connectivity index (χ2n) is 4.27. The van der Waals surface area contributed by atoms with Crippen molar-refractivity contribution in [2.24, 2.45) is 11.8 Å². The fraction of sp³-hybridized carbons (Fsp3) is 0.417. The summed E-state index contributed by atoms with van der Waals surface area (Å²) in [5.74, 6) is 0.944. The normalized spacial score (nSPS) is 23.7. The van der Waals surface area contributed by atoms with Gasteiger partial charge in [0.25, 0.3) is 0 Å². The van der Waals surface area contributed by atoms with Gasteiger partial charge in [0.2, 0.25) is 5.91 Å². The molecule has 0 radical (unpaired) electrons. The second kappa shape index (κ2) is 3.97. The topological polar surface area (TPSA) is 29.1 Å². The van der Waals surface area contributed by atoms with E-state index in [4.69, 9.17) is 0 Å². The first-order valence-electron chi connectivity index (χ1n) is 5.15. The van der Waals surface area contributed by atoms with Crippen molar-refractivity contribution in [2.75, 3.05) is 5.32 Å². The minimum atomic E-state index is 0.157. The van der Waals surface area contributed by atoms with E-state index in [9.17, 15) is 4.79 Å². The number of halogens is 1. The van der Waals surface area contributed by atoms with Crippen LogP contribution in [-0.2, 0) is 4.79 Å². The lowest BCUT2D eigenvalue weighted by Crippen LogP contribution is -2.14. The third-order valence-electron chi connectivity index (χ3n) is 2.87. The van der Waals surface area contributed by atoms with Gasteiger partial charge >= 0.3 is 0 Å². The van der Waals surface area contributed by atoms with Gasteiger partial charge in [-0.2, -0.15) is 0 Å². The summed E-state index contributed by atoms with van der Waals surface area (Å²) in [5, 5.41) is 2.94. The van der Waals surface area contributed by atoms with Crippen LogP contribution >= 0.6 is 15.9 Å². The summed E-state index contributed by atoms with van der Waals surface area (Å²) >= 11 is 3.43. The Balaban J connectivity index is 2.04. The Labute approximate surface area is 98.2 Å². The third kappa shape index (κ3) is 2.40. The van der Waals surface area contributed by atoms with Crippen molar-refractivity contribution in [3.63, 3.8) is 0 Å². The molecular weight excluding hydrogens is 254 g/mol. The van der Waals surface area contributed by atoms with Crippen molar-refractivity contribution in [2.45, 2.75) is 20.3 Å². The standard InChI is InChI=1S/C12H14BrNO/c1-7-6-10(7)12(15)14-9-3-4-11(13)8(2)5-9/h3-5,7,10H,6H2,1-2H3,(H,14,15). The first kappa shape index (κ1) is 10.7. The van der Waals surface area contributed by atoms with E-state index in [1.807, 2.05) is 25.1 Å². The summed E-state index contributed by atoms with van der Waals surface area (Å²) in [5.41, 5.74) is 2.02. The van der Waals surface area contributed by atoms with E-state index in [-0.39, 0.29) is 11.8 Å². The van der Waals surface area contributed by atoms with E-state index in [0.29, 0.717) is 5.92 Å². The summed E-state index contributed by atoms with van der Waals surface area (Å²) in [6, 6.07) is 5.86. The van der Waals surface area contributed by atoms with E-state index in [1.54, 1.807) is 0 Å². The molecule has 0 aliphatic heterocycles. The third-order valence-corrected chi connectivity index (χ3v) is 3.76. The highest BCUT2D eigenvalue weighted by atomic mass is 79.9. The maximum absolute atomic E-state index is 11.7. The number of nitrogens with one attached hydrogen (secondary N) is 1. The molecule has 15 heavy (non-hydrogen) atoms. The number of hydrogen-bond acceptors (Lipinski definition) is 1. The van der Waals surface area contributed by atoms with Crippen LogP contribution < -0.4 is 5.32 Å². The van der Waals surface area contributed by atoms with Gasteiger partial charge in [-0.25, -0.2) is 0 Å². The number of benzene rings is 1. The van der Waals surface area contributed by atoms with E-state index in [1.165, 1.54) is 0 Å². The van der Waals surface area contributed by atoms with Crippen LogP contribution in [0.4, 0.5) is 5.69 Å². The Morgan fingerprint density at radius 3 is 2.73 bits per heavy atom. The van der Waals surface area contributed by atoms with Gasteiger partial charge in [-0.05, 0) is 43.0 Å². The summed E-state index contributed by atoms with van der Waals surface area (Å²) in [7, 11) is 0. The Kier molecular flexibility index (Phi) is 2.83. The van der Waals surface area contributed by atoms with Gasteiger partial charge in [-0.3, -0.25) is 4.79 Å². The summed E-state index contributed by atoms with van der Waals surface area (Å²) in [4.78, 5) is 11.7. The van der Waals surface area contributed by atoms with Gasteiger partial charge < -0.3 is 5.32 Å². The second-order valence-corrected chi connectivity index (χ2v) is 5.13. The molecule has 0 heterocycles. The molecule has 80 valence electrons. The Hall–Kier alpha value is -0.830. The molecule has 0 bridgehead atoms. The lowest BCUT2D eigenvalue weighted by molar-refractivity contribution is -0.117. The highest BCUT2D eigenvalue weighted by Gasteiger charge is 2.38. The smallest absolute Gasteiger partial charge is 0.227 e. The van der Waals surface area contributed by atoms with Gasteiger partial charge in [0.1, 0.15) is 0 Å². The molecule has 3 heteroatoms. The quantitative estimate of drug-likeness (QED) is 0.875. The first-order valence-corrected chi connectivity index (χ1v) is 5.94. The van der Waals surface area contributed by atoms with Crippen LogP contribution in [-0.4, -0.2) is 5.91 Å². The van der Waals surface area contributed by atoms with Crippen LogP contribution in [0.25, 0.3) is 0 Å². The van der Waals surface area contributed by atoms with Gasteiger partial charge in [0.05, 0.1) is 0 Å². The molecule has 2 atom stereocenters. The number of carbonyl (C=O) groups excluding carboxylic acids is 1. The van der Waals surface area contributed by atoms with Crippen molar-refractivity contribution in [1.29, 1.82) is 0 Å². The zero-order valence-corrected chi connectivity index (χ0v) is 10.5. The van der Waals surface area contributed by atoms with E-state index < -0.39 is 0 Å². The molecule has 1 amide bonds. The number of anilines is 1. The molecule has 2 nitrogen and oxygen atoms in total. The number of hydrogen-bond donors (Lipinski definition) is 1. The SMILES string of the molecule is Cc1cc(NC(=O)C2CC2C)ccc1Br. The van der Waals surface area contributed by atoms with Crippen LogP contribution in [0.15, 0.2) is 22.7 Å². The highest BCUT2D eigenvalue weighted by Crippen LogP contribution is 2.38. The van der Waals surface area contributed by atoms with Crippen molar-refractivity contribution in [1.82, 2.24) is 0 Å². The maximum atomic E-state index is 11.7.